The molecule has 6 nitrogen and oxygen atoms in total. The summed E-state index contributed by atoms with van der Waals surface area (Å²) in [7, 11) is 3.07. The fourth-order valence-corrected chi connectivity index (χ4v) is 2.48. The van der Waals surface area contributed by atoms with Gasteiger partial charge in [0.1, 0.15) is 17.3 Å². The molecule has 0 unspecified atom stereocenters. The molecule has 2 aromatic carbocycles. The van der Waals surface area contributed by atoms with Gasteiger partial charge in [-0.05, 0) is 31.2 Å². The predicted molar refractivity (Wildman–Crippen MR) is 99.2 cm³/mol. The van der Waals surface area contributed by atoms with Crippen molar-refractivity contribution < 1.29 is 22.6 Å². The highest BCUT2D eigenvalue weighted by molar-refractivity contribution is 5.67. The first-order valence-corrected chi connectivity index (χ1v) is 8.16. The van der Waals surface area contributed by atoms with E-state index in [0.717, 1.165) is 12.1 Å². The van der Waals surface area contributed by atoms with Crippen LogP contribution >= 0.6 is 0 Å². The van der Waals surface area contributed by atoms with Crippen LogP contribution in [0.1, 0.15) is 5.69 Å². The number of methoxy groups -OCH3 is 2. The number of ether oxygens (including phenoxy) is 2. The smallest absolute Gasteiger partial charge is 0.229 e. The quantitative estimate of drug-likeness (QED) is 0.595. The molecule has 1 aromatic heterocycles. The largest absolute Gasteiger partial charge is 0.497 e. The number of anilines is 4. The third-order valence-electron chi connectivity index (χ3n) is 3.81. The number of nitrogens with zero attached hydrogens (tertiary/aromatic N) is 2. The Morgan fingerprint density at radius 3 is 2.32 bits per heavy atom. The van der Waals surface area contributed by atoms with Crippen LogP contribution in [0.3, 0.4) is 0 Å². The minimum Gasteiger partial charge on any atom is -0.497 e. The van der Waals surface area contributed by atoms with E-state index in [1.807, 2.05) is 0 Å². The lowest BCUT2D eigenvalue weighted by Crippen LogP contribution is -2.05. The molecule has 0 radical (unpaired) electrons. The molecule has 0 aliphatic heterocycles. The minimum atomic E-state index is -1.57. The maximum absolute atomic E-state index is 13.9. The molecule has 0 amide bonds. The van der Waals surface area contributed by atoms with Crippen LogP contribution in [0.15, 0.2) is 36.4 Å². The van der Waals surface area contributed by atoms with Gasteiger partial charge >= 0.3 is 0 Å². The molecule has 0 spiro atoms. The third-order valence-corrected chi connectivity index (χ3v) is 3.81. The van der Waals surface area contributed by atoms with Gasteiger partial charge in [-0.3, -0.25) is 0 Å². The molecule has 1 heterocycles. The number of benzene rings is 2. The molecule has 0 bridgehead atoms. The molecular weight excluding hydrogens is 373 g/mol. The molecule has 3 rings (SSSR count). The highest BCUT2D eigenvalue weighted by atomic mass is 19.2. The lowest BCUT2D eigenvalue weighted by atomic mass is 10.2. The number of aromatic nitrogens is 2. The lowest BCUT2D eigenvalue weighted by Gasteiger charge is -2.14. The molecule has 0 fully saturated rings. The van der Waals surface area contributed by atoms with Gasteiger partial charge in [0, 0.05) is 17.8 Å². The van der Waals surface area contributed by atoms with Crippen LogP contribution in [-0.2, 0) is 0 Å². The summed E-state index contributed by atoms with van der Waals surface area (Å²) in [5.74, 6) is -2.65. The summed E-state index contributed by atoms with van der Waals surface area (Å²) in [5, 5.41) is 5.63. The fourth-order valence-electron chi connectivity index (χ4n) is 2.48. The van der Waals surface area contributed by atoms with E-state index < -0.39 is 17.5 Å². The van der Waals surface area contributed by atoms with Crippen molar-refractivity contribution in [1.82, 2.24) is 9.97 Å². The summed E-state index contributed by atoms with van der Waals surface area (Å²) in [5.41, 5.74) is 0.865. The van der Waals surface area contributed by atoms with Crippen LogP contribution in [0.4, 0.5) is 36.3 Å². The van der Waals surface area contributed by atoms with E-state index in [1.165, 1.54) is 7.11 Å². The Hall–Kier alpha value is -3.49. The van der Waals surface area contributed by atoms with E-state index in [1.54, 1.807) is 38.3 Å². The van der Waals surface area contributed by atoms with Crippen molar-refractivity contribution in [3.8, 4) is 11.5 Å². The summed E-state index contributed by atoms with van der Waals surface area (Å²) in [6, 6.07) is 8.73. The Kier molecular flexibility index (Phi) is 5.53. The van der Waals surface area contributed by atoms with Crippen LogP contribution in [0.25, 0.3) is 0 Å². The van der Waals surface area contributed by atoms with Gasteiger partial charge in [-0.25, -0.2) is 18.2 Å². The zero-order valence-electron chi connectivity index (χ0n) is 15.3. The predicted octanol–water partition coefficient (Wildman–Crippen LogP) is 4.71. The number of hydrogen-bond acceptors (Lipinski definition) is 6. The first-order valence-electron chi connectivity index (χ1n) is 8.16. The van der Waals surface area contributed by atoms with Gasteiger partial charge in [0.15, 0.2) is 17.5 Å². The monoisotopic (exact) mass is 390 g/mol. The van der Waals surface area contributed by atoms with Crippen molar-refractivity contribution in [2.45, 2.75) is 6.92 Å². The van der Waals surface area contributed by atoms with Gasteiger partial charge < -0.3 is 20.1 Å². The number of aryl methyl sites for hydroxylation is 1. The molecule has 9 heteroatoms. The molecular formula is C19H17F3N4O2. The summed E-state index contributed by atoms with van der Waals surface area (Å²) < 4.78 is 50.9. The lowest BCUT2D eigenvalue weighted by molar-refractivity contribution is 0.405. The van der Waals surface area contributed by atoms with Crippen LogP contribution < -0.4 is 20.1 Å². The Balaban J connectivity index is 1.92. The van der Waals surface area contributed by atoms with Gasteiger partial charge in [0.25, 0.3) is 0 Å². The number of hydrogen-bond donors (Lipinski definition) is 2. The molecule has 3 aromatic rings. The standard InChI is InChI=1S/C19H17F3N4O2/c1-10-8-16(24-14-9-11(27-2)4-7-15(14)28-3)26-19(23-10)25-13-6-5-12(20)17(21)18(13)22/h4-9H,1-3H3,(H2,23,24,25,26). The van der Waals surface area contributed by atoms with Crippen molar-refractivity contribution in [2.75, 3.05) is 24.9 Å². The van der Waals surface area contributed by atoms with E-state index in [4.69, 9.17) is 9.47 Å². The average Bonchev–Trinajstić information content (AvgIpc) is 2.68. The fraction of sp³-hybridized carbons (Fsp3) is 0.158. The Morgan fingerprint density at radius 1 is 0.821 bits per heavy atom. The second-order valence-corrected chi connectivity index (χ2v) is 5.76. The van der Waals surface area contributed by atoms with Crippen molar-refractivity contribution in [1.29, 1.82) is 0 Å². The molecule has 0 atom stereocenters. The van der Waals surface area contributed by atoms with Crippen molar-refractivity contribution in [3.63, 3.8) is 0 Å². The first-order chi connectivity index (χ1) is 13.4. The molecule has 0 saturated heterocycles. The second-order valence-electron chi connectivity index (χ2n) is 5.76. The van der Waals surface area contributed by atoms with Crippen molar-refractivity contribution in [2.24, 2.45) is 0 Å². The molecule has 2 N–H and O–H groups in total. The number of nitrogens with one attached hydrogen (secondary N) is 2. The van der Waals surface area contributed by atoms with Gasteiger partial charge in [-0.1, -0.05) is 0 Å². The summed E-state index contributed by atoms with van der Waals surface area (Å²) in [6.07, 6.45) is 0. The maximum Gasteiger partial charge on any atom is 0.229 e. The van der Waals surface area contributed by atoms with E-state index in [9.17, 15) is 13.2 Å². The summed E-state index contributed by atoms with van der Waals surface area (Å²) >= 11 is 0. The van der Waals surface area contributed by atoms with Crippen LogP contribution in [-0.4, -0.2) is 24.2 Å². The Morgan fingerprint density at radius 2 is 1.61 bits per heavy atom. The molecule has 28 heavy (non-hydrogen) atoms. The molecule has 0 aliphatic carbocycles. The molecule has 146 valence electrons. The molecule has 0 aliphatic rings. The summed E-state index contributed by atoms with van der Waals surface area (Å²) in [4.78, 5) is 8.37. The Labute approximate surface area is 159 Å². The SMILES string of the molecule is COc1ccc(OC)c(Nc2cc(C)nc(Nc3ccc(F)c(F)c3F)n2)c1. The van der Waals surface area contributed by atoms with Gasteiger partial charge in [-0.15, -0.1) is 0 Å². The van der Waals surface area contributed by atoms with E-state index in [-0.39, 0.29) is 11.6 Å². The van der Waals surface area contributed by atoms with Crippen molar-refractivity contribution in [3.05, 3.63) is 59.5 Å². The minimum absolute atomic E-state index is 0.00858. The van der Waals surface area contributed by atoms with Crippen molar-refractivity contribution >= 4 is 23.1 Å². The van der Waals surface area contributed by atoms with Gasteiger partial charge in [-0.2, -0.15) is 4.98 Å². The van der Waals surface area contributed by atoms with E-state index >= 15 is 0 Å². The van der Waals surface area contributed by atoms with E-state index in [0.29, 0.717) is 28.7 Å². The topological polar surface area (TPSA) is 68.3 Å². The normalized spacial score (nSPS) is 10.5. The van der Waals surface area contributed by atoms with Crippen LogP contribution in [0.2, 0.25) is 0 Å². The number of halogens is 3. The second kappa shape index (κ2) is 8.03. The maximum atomic E-state index is 13.9. The van der Waals surface area contributed by atoms with Gasteiger partial charge in [0.05, 0.1) is 25.6 Å². The van der Waals surface area contributed by atoms with Gasteiger partial charge in [0.2, 0.25) is 5.95 Å². The summed E-state index contributed by atoms with van der Waals surface area (Å²) in [6.45, 7) is 1.71. The third kappa shape index (κ3) is 4.08. The van der Waals surface area contributed by atoms with Crippen LogP contribution in [0, 0.1) is 24.4 Å². The van der Waals surface area contributed by atoms with E-state index in [2.05, 4.69) is 20.6 Å². The van der Waals surface area contributed by atoms with Crippen LogP contribution in [0.5, 0.6) is 11.5 Å². The average molecular weight is 390 g/mol. The highest BCUT2D eigenvalue weighted by Crippen LogP contribution is 2.31. The molecule has 0 saturated carbocycles. The Bertz CT molecular complexity index is 1010. The highest BCUT2D eigenvalue weighted by Gasteiger charge is 2.15. The first kappa shape index (κ1) is 19.3. The number of rotatable bonds is 6. The zero-order valence-corrected chi connectivity index (χ0v) is 15.3. The zero-order chi connectivity index (χ0) is 20.3.